The fourth-order valence-corrected chi connectivity index (χ4v) is 9.67. The number of guanidine groups is 1. The summed E-state index contributed by atoms with van der Waals surface area (Å²) in [5.74, 6) is -2.10. The van der Waals surface area contributed by atoms with E-state index < -0.39 is 62.4 Å². The van der Waals surface area contributed by atoms with Gasteiger partial charge in [0.2, 0.25) is 11.9 Å². The van der Waals surface area contributed by atoms with Crippen molar-refractivity contribution in [1.82, 2.24) is 19.2 Å². The van der Waals surface area contributed by atoms with Crippen LogP contribution in [0.2, 0.25) is 0 Å². The lowest BCUT2D eigenvalue weighted by Gasteiger charge is -2.49. The molecule has 1 fully saturated rings. The Kier molecular flexibility index (Phi) is 13.9. The number of imidazole rings is 1. The van der Waals surface area contributed by atoms with Gasteiger partial charge in [0.25, 0.3) is 17.1 Å². The second kappa shape index (κ2) is 19.8. The number of ether oxygens (including phenoxy) is 3. The average molecular weight is 958 g/mol. The number of aliphatic imine (C=N–C) groups is 1. The highest BCUT2D eigenvalue weighted by molar-refractivity contribution is 7.99. The summed E-state index contributed by atoms with van der Waals surface area (Å²) in [4.78, 5) is 96.7. The van der Waals surface area contributed by atoms with Crippen molar-refractivity contribution in [3.8, 4) is 0 Å². The van der Waals surface area contributed by atoms with Crippen molar-refractivity contribution in [3.63, 3.8) is 0 Å². The number of hydrogen-bond acceptors (Lipinski definition) is 17. The minimum absolute atomic E-state index is 0.104. The standard InChI is InChI=1S/C42H39N9O14S2/c1-24(52)33-34-42(2,38(54)63-20-25-4-10-28(11-5-25)49(57)58)31(18-48(34)36(33)53)32-19-46-23-44-35(37(46)67-32)66-17-3-16-47(41(56)65-22-27-8-14-30(15-9-27)51(61)62)39(43)45-40(55)64-21-26-6-12-29(13-7-26)50(59)60/h4-15,18-19,23-24,33-34,52H,3,16-17,20-22H2,1-2H3,(H2,43,45,55)/t24-,33-,34-,42+/m1/s1. The number of β-lactam (4-membered cyclic amide) rings is 1. The number of hydrogen-bond donors (Lipinski definition) is 2. The Balaban J connectivity index is 1.04. The maximum atomic E-state index is 14.1. The first kappa shape index (κ1) is 47.2. The Labute approximate surface area is 386 Å². The number of nitro groups is 3. The largest absolute Gasteiger partial charge is 0.460 e. The first-order chi connectivity index (χ1) is 32.0. The molecule has 0 bridgehead atoms. The maximum absolute atomic E-state index is 14.1. The highest BCUT2D eigenvalue weighted by atomic mass is 32.2. The molecule has 7 rings (SSSR count). The minimum Gasteiger partial charge on any atom is -0.460 e. The lowest BCUT2D eigenvalue weighted by molar-refractivity contribution is -0.385. The van der Waals surface area contributed by atoms with E-state index in [1.807, 2.05) is 0 Å². The van der Waals surface area contributed by atoms with Gasteiger partial charge in [-0.15, -0.1) is 28.1 Å². The van der Waals surface area contributed by atoms with E-state index >= 15 is 0 Å². The third-order valence-electron chi connectivity index (χ3n) is 11.0. The summed E-state index contributed by atoms with van der Waals surface area (Å²) in [6.07, 6.45) is 1.98. The molecule has 1 saturated heterocycles. The SMILES string of the molecule is C[C@@H](O)[C@H]1C(=O)N2C=C(c3cn4cnc(SCCCN(C(=O)OCc5ccc([N+](=O)[O-])cc5)C(N)=NC(=O)OCc5ccc([N+](=O)[O-])cc5)c4s3)[C@](C)(C(=O)OCc3ccc([N+](=O)[O-])cc3)[C@@H]12. The van der Waals surface area contributed by atoms with Crippen molar-refractivity contribution in [3.05, 3.63) is 143 Å². The minimum atomic E-state index is -1.42. The van der Waals surface area contributed by atoms with Gasteiger partial charge in [-0.05, 0) is 73.4 Å². The van der Waals surface area contributed by atoms with E-state index in [1.54, 1.807) is 30.0 Å². The first-order valence-corrected chi connectivity index (χ1v) is 21.9. The number of benzene rings is 3. The zero-order valence-electron chi connectivity index (χ0n) is 35.4. The van der Waals surface area contributed by atoms with E-state index in [-0.39, 0.29) is 55.8 Å². The van der Waals surface area contributed by atoms with Crippen molar-refractivity contribution in [2.75, 3.05) is 12.3 Å². The highest BCUT2D eigenvalue weighted by Gasteiger charge is 2.66. The third kappa shape index (κ3) is 10.1. The number of esters is 1. The number of carbonyl (C=O) groups is 4. The van der Waals surface area contributed by atoms with Crippen LogP contribution >= 0.6 is 23.1 Å². The van der Waals surface area contributed by atoms with Crippen molar-refractivity contribution >= 4 is 80.6 Å². The van der Waals surface area contributed by atoms with Crippen molar-refractivity contribution in [2.45, 2.75) is 57.3 Å². The van der Waals surface area contributed by atoms with Gasteiger partial charge in [-0.3, -0.25) is 44.3 Å². The van der Waals surface area contributed by atoms with Gasteiger partial charge < -0.3 is 30.0 Å². The number of thiazole rings is 1. The van der Waals surface area contributed by atoms with Gasteiger partial charge in [-0.2, -0.15) is 0 Å². The molecule has 2 aromatic heterocycles. The van der Waals surface area contributed by atoms with Crippen LogP contribution in [0.1, 0.15) is 41.8 Å². The number of aromatic nitrogens is 2. The van der Waals surface area contributed by atoms with Gasteiger partial charge in [0.1, 0.15) is 41.4 Å². The molecule has 0 unspecified atom stereocenters. The predicted molar refractivity (Wildman–Crippen MR) is 238 cm³/mol. The number of aliphatic hydroxyl groups excluding tert-OH is 1. The van der Waals surface area contributed by atoms with Gasteiger partial charge in [0.05, 0.1) is 37.7 Å². The molecule has 3 N–H and O–H groups in total. The number of amides is 3. The van der Waals surface area contributed by atoms with E-state index in [9.17, 15) is 54.6 Å². The molecule has 2 aliphatic rings. The van der Waals surface area contributed by atoms with Crippen molar-refractivity contribution in [1.29, 1.82) is 0 Å². The molecule has 0 radical (unpaired) electrons. The average Bonchev–Trinajstić information content (AvgIpc) is 3.97. The molecule has 23 nitrogen and oxygen atoms in total. The van der Waals surface area contributed by atoms with Gasteiger partial charge in [-0.1, -0.05) is 0 Å². The van der Waals surface area contributed by atoms with Crippen LogP contribution in [-0.2, 0) is 43.6 Å². The number of fused-ring (bicyclic) bond motifs is 2. The third-order valence-corrected chi connectivity index (χ3v) is 13.3. The zero-order valence-corrected chi connectivity index (χ0v) is 37.0. The van der Waals surface area contributed by atoms with E-state index in [0.29, 0.717) is 42.7 Å². The smallest absolute Gasteiger partial charge is 0.437 e. The number of nitro benzene ring substituents is 3. The molecule has 3 aromatic carbocycles. The molecule has 4 atom stereocenters. The topological polar surface area (TPSA) is 308 Å². The first-order valence-electron chi connectivity index (χ1n) is 20.1. The second-order valence-corrected chi connectivity index (χ2v) is 17.5. The van der Waals surface area contributed by atoms with E-state index in [0.717, 1.165) is 4.90 Å². The number of aliphatic hydroxyl groups is 1. The van der Waals surface area contributed by atoms with Crippen LogP contribution in [0.15, 0.2) is 102 Å². The number of carbonyl (C=O) groups excluding carboxylic acids is 4. The van der Waals surface area contributed by atoms with E-state index in [4.69, 9.17) is 19.9 Å². The highest BCUT2D eigenvalue weighted by Crippen LogP contribution is 2.56. The summed E-state index contributed by atoms with van der Waals surface area (Å²) in [7, 11) is 0. The Morgan fingerprint density at radius 2 is 1.42 bits per heavy atom. The number of nitrogens with two attached hydrogens (primary N) is 1. The zero-order chi connectivity index (χ0) is 48.2. The van der Waals surface area contributed by atoms with Crippen LogP contribution in [0, 0.1) is 41.7 Å². The summed E-state index contributed by atoms with van der Waals surface area (Å²) < 4.78 is 18.1. The summed E-state index contributed by atoms with van der Waals surface area (Å²) in [5.41, 5.74) is 6.13. The molecular formula is C42H39N9O14S2. The molecule has 2 aliphatic heterocycles. The monoisotopic (exact) mass is 957 g/mol. The summed E-state index contributed by atoms with van der Waals surface area (Å²) in [6.45, 7) is 2.24. The quantitative estimate of drug-likeness (QED) is 0.0120. The Morgan fingerprint density at radius 3 is 1.94 bits per heavy atom. The molecule has 4 heterocycles. The molecule has 348 valence electrons. The van der Waals surface area contributed by atoms with Gasteiger partial charge in [0, 0.05) is 66.7 Å². The molecule has 0 aliphatic carbocycles. The van der Waals surface area contributed by atoms with Crippen LogP contribution in [0.4, 0.5) is 26.7 Å². The molecular weight excluding hydrogens is 919 g/mol. The Morgan fingerprint density at radius 1 is 0.896 bits per heavy atom. The fourth-order valence-electron chi connectivity index (χ4n) is 7.46. The van der Waals surface area contributed by atoms with Crippen molar-refractivity contribution in [2.24, 2.45) is 22.1 Å². The van der Waals surface area contributed by atoms with Gasteiger partial charge >= 0.3 is 18.2 Å². The molecule has 25 heteroatoms. The molecule has 67 heavy (non-hydrogen) atoms. The Hall–Kier alpha value is -7.77. The maximum Gasteiger partial charge on any atom is 0.437 e. The lowest BCUT2D eigenvalue weighted by atomic mass is 9.67. The van der Waals surface area contributed by atoms with Crippen LogP contribution < -0.4 is 5.73 Å². The van der Waals surface area contributed by atoms with Crippen LogP contribution in [-0.4, -0.2) is 93.5 Å². The lowest BCUT2D eigenvalue weighted by Crippen LogP contribution is -2.66. The second-order valence-electron chi connectivity index (χ2n) is 15.3. The molecule has 5 aromatic rings. The fraction of sp³-hybridized carbons (Fsp3) is 0.286. The van der Waals surface area contributed by atoms with E-state index in [1.165, 1.54) is 108 Å². The van der Waals surface area contributed by atoms with Gasteiger partial charge in [0.15, 0.2) is 0 Å². The van der Waals surface area contributed by atoms with Crippen LogP contribution in [0.3, 0.4) is 0 Å². The van der Waals surface area contributed by atoms with Crippen molar-refractivity contribution < 1.29 is 53.3 Å². The van der Waals surface area contributed by atoms with Crippen LogP contribution in [0.5, 0.6) is 0 Å². The van der Waals surface area contributed by atoms with Crippen LogP contribution in [0.25, 0.3) is 10.4 Å². The Bertz CT molecular complexity index is 2810. The number of nitrogens with zero attached hydrogens (tertiary/aromatic N) is 8. The molecule has 0 spiro atoms. The summed E-state index contributed by atoms with van der Waals surface area (Å²) in [5, 5.41) is 44.3. The number of non-ortho nitro benzene ring substituents is 3. The van der Waals surface area contributed by atoms with E-state index in [2.05, 4.69) is 9.98 Å². The summed E-state index contributed by atoms with van der Waals surface area (Å²) in [6, 6.07) is 15.4. The molecule has 0 saturated carbocycles. The number of rotatable bonds is 17. The normalized spacial score (nSPS) is 18.1. The summed E-state index contributed by atoms with van der Waals surface area (Å²) >= 11 is 2.63. The molecule has 3 amide bonds. The van der Waals surface area contributed by atoms with Gasteiger partial charge in [-0.25, -0.2) is 19.5 Å². The number of thioether (sulfide) groups is 1. The predicted octanol–water partition coefficient (Wildman–Crippen LogP) is 6.20.